The summed E-state index contributed by atoms with van der Waals surface area (Å²) in [6.07, 6.45) is 2.07. The van der Waals surface area contributed by atoms with Crippen molar-refractivity contribution in [3.05, 3.63) is 83.2 Å². The molecule has 9 heteroatoms. The van der Waals surface area contributed by atoms with E-state index in [0.717, 1.165) is 30.8 Å². The van der Waals surface area contributed by atoms with E-state index in [4.69, 9.17) is 0 Å². The van der Waals surface area contributed by atoms with Crippen LogP contribution in [0.15, 0.2) is 66.0 Å². The third kappa shape index (κ3) is 4.40. The van der Waals surface area contributed by atoms with Crippen molar-refractivity contribution in [2.24, 2.45) is 0 Å². The largest absolute Gasteiger partial charge is 0.339 e. The average Bonchev–Trinajstić information content (AvgIpc) is 3.61. The summed E-state index contributed by atoms with van der Waals surface area (Å²) in [6, 6.07) is 16.4. The molecule has 33 heavy (non-hydrogen) atoms. The number of benzene rings is 2. The molecule has 0 aliphatic carbocycles. The van der Waals surface area contributed by atoms with Crippen LogP contribution in [0.5, 0.6) is 0 Å². The zero-order valence-corrected chi connectivity index (χ0v) is 18.4. The number of aromatic nitrogens is 3. The fourth-order valence-corrected chi connectivity index (χ4v) is 4.42. The van der Waals surface area contributed by atoms with Crippen LogP contribution in [0.1, 0.15) is 33.8 Å². The van der Waals surface area contributed by atoms with Gasteiger partial charge in [-0.3, -0.25) is 9.59 Å². The molecule has 1 fully saturated rings. The van der Waals surface area contributed by atoms with Crippen molar-refractivity contribution in [3.63, 3.8) is 0 Å². The van der Waals surface area contributed by atoms with E-state index in [1.54, 1.807) is 36.4 Å². The van der Waals surface area contributed by atoms with E-state index in [1.165, 1.54) is 28.2 Å². The van der Waals surface area contributed by atoms with E-state index in [2.05, 4.69) is 15.4 Å². The highest BCUT2D eigenvalue weighted by Crippen LogP contribution is 2.26. The summed E-state index contributed by atoms with van der Waals surface area (Å²) in [4.78, 5) is 32.5. The molecule has 0 saturated carbocycles. The highest BCUT2D eigenvalue weighted by molar-refractivity contribution is 7.13. The molecule has 0 bridgehead atoms. The van der Waals surface area contributed by atoms with Gasteiger partial charge in [-0.25, -0.2) is 14.1 Å². The van der Waals surface area contributed by atoms with Crippen molar-refractivity contribution in [1.82, 2.24) is 19.7 Å². The zero-order chi connectivity index (χ0) is 22.8. The number of rotatable bonds is 5. The molecule has 166 valence electrons. The van der Waals surface area contributed by atoms with Gasteiger partial charge in [-0.15, -0.1) is 16.4 Å². The van der Waals surface area contributed by atoms with Crippen molar-refractivity contribution in [3.8, 4) is 16.4 Å². The van der Waals surface area contributed by atoms with Gasteiger partial charge in [-0.2, -0.15) is 0 Å². The number of hydrogen-bond donors (Lipinski definition) is 1. The molecule has 1 aliphatic heterocycles. The number of likely N-dealkylation sites (tertiary alicyclic amines) is 1. The fourth-order valence-electron chi connectivity index (χ4n) is 3.72. The minimum Gasteiger partial charge on any atom is -0.339 e. The van der Waals surface area contributed by atoms with Crippen LogP contribution in [0.3, 0.4) is 0 Å². The topological polar surface area (TPSA) is 80.1 Å². The molecule has 0 spiro atoms. The molecule has 2 amide bonds. The fraction of sp³-hybridized carbons (Fsp3) is 0.167. The van der Waals surface area contributed by atoms with Crippen LogP contribution in [-0.4, -0.2) is 44.6 Å². The van der Waals surface area contributed by atoms with Gasteiger partial charge in [0.25, 0.3) is 11.8 Å². The summed E-state index contributed by atoms with van der Waals surface area (Å²) >= 11 is 1.47. The van der Waals surface area contributed by atoms with E-state index < -0.39 is 5.91 Å². The average molecular weight is 462 g/mol. The summed E-state index contributed by atoms with van der Waals surface area (Å²) in [6.45, 7) is 1.57. The Morgan fingerprint density at radius 1 is 0.970 bits per heavy atom. The Labute approximate surface area is 193 Å². The van der Waals surface area contributed by atoms with Crippen LogP contribution < -0.4 is 5.32 Å². The van der Waals surface area contributed by atoms with Gasteiger partial charge >= 0.3 is 0 Å². The zero-order valence-electron chi connectivity index (χ0n) is 17.6. The Morgan fingerprint density at radius 2 is 1.70 bits per heavy atom. The first-order valence-corrected chi connectivity index (χ1v) is 11.4. The SMILES string of the molecule is O=C(Nc1ccc(C(=O)N2CCCC2)cc1)c1nc(-c2cccs2)n(-c2ccc(F)cc2)n1. The molecule has 7 nitrogen and oxygen atoms in total. The van der Waals surface area contributed by atoms with Crippen LogP contribution in [0.4, 0.5) is 10.1 Å². The van der Waals surface area contributed by atoms with E-state index >= 15 is 0 Å². The highest BCUT2D eigenvalue weighted by atomic mass is 32.1. The molecule has 2 aromatic carbocycles. The molecule has 3 heterocycles. The third-order valence-corrected chi connectivity index (χ3v) is 6.27. The molecule has 4 aromatic rings. The molecule has 5 rings (SSSR count). The molecule has 0 unspecified atom stereocenters. The number of halogens is 1. The van der Waals surface area contributed by atoms with E-state index in [-0.39, 0.29) is 17.5 Å². The second-order valence-corrected chi connectivity index (χ2v) is 8.60. The lowest BCUT2D eigenvalue weighted by Crippen LogP contribution is -2.27. The van der Waals surface area contributed by atoms with Crippen molar-refractivity contribution >= 4 is 28.8 Å². The van der Waals surface area contributed by atoms with Crippen LogP contribution in [0.25, 0.3) is 16.4 Å². The normalized spacial score (nSPS) is 13.3. The first-order chi connectivity index (χ1) is 16.1. The smallest absolute Gasteiger partial charge is 0.295 e. The predicted octanol–water partition coefficient (Wildman–Crippen LogP) is 4.62. The Hall–Kier alpha value is -3.85. The van der Waals surface area contributed by atoms with Gasteiger partial charge in [-0.1, -0.05) is 6.07 Å². The van der Waals surface area contributed by atoms with Crippen molar-refractivity contribution < 1.29 is 14.0 Å². The summed E-state index contributed by atoms with van der Waals surface area (Å²) in [7, 11) is 0. The van der Waals surface area contributed by atoms with Crippen molar-refractivity contribution in [1.29, 1.82) is 0 Å². The van der Waals surface area contributed by atoms with Gasteiger partial charge in [-0.05, 0) is 72.8 Å². The second-order valence-electron chi connectivity index (χ2n) is 7.66. The highest BCUT2D eigenvalue weighted by Gasteiger charge is 2.21. The van der Waals surface area contributed by atoms with Crippen molar-refractivity contribution in [2.45, 2.75) is 12.8 Å². The lowest BCUT2D eigenvalue weighted by atomic mass is 10.2. The van der Waals surface area contributed by atoms with Crippen molar-refractivity contribution in [2.75, 3.05) is 18.4 Å². The number of nitrogens with zero attached hydrogens (tertiary/aromatic N) is 4. The quantitative estimate of drug-likeness (QED) is 0.470. The lowest BCUT2D eigenvalue weighted by Gasteiger charge is -2.15. The maximum atomic E-state index is 13.4. The Bertz CT molecular complexity index is 1280. The lowest BCUT2D eigenvalue weighted by molar-refractivity contribution is 0.0792. The molecule has 1 aliphatic rings. The molecular weight excluding hydrogens is 441 g/mol. The molecule has 1 saturated heterocycles. The van der Waals surface area contributed by atoms with E-state index in [0.29, 0.717) is 22.8 Å². The Morgan fingerprint density at radius 3 is 2.36 bits per heavy atom. The number of hydrogen-bond acceptors (Lipinski definition) is 5. The van der Waals surface area contributed by atoms with E-state index in [9.17, 15) is 14.0 Å². The molecule has 2 aromatic heterocycles. The number of amides is 2. The van der Waals surface area contributed by atoms with Gasteiger partial charge in [0, 0.05) is 24.3 Å². The number of carbonyl (C=O) groups excluding carboxylic acids is 2. The minimum absolute atomic E-state index is 0.00525. The molecule has 0 atom stereocenters. The molecule has 1 N–H and O–H groups in total. The summed E-state index contributed by atoms with van der Waals surface area (Å²) in [5.41, 5.74) is 1.72. The predicted molar refractivity (Wildman–Crippen MR) is 124 cm³/mol. The number of anilines is 1. The van der Waals surface area contributed by atoms with Gasteiger partial charge in [0.05, 0.1) is 10.6 Å². The maximum Gasteiger partial charge on any atom is 0.295 e. The van der Waals surface area contributed by atoms with Crippen LogP contribution in [0.2, 0.25) is 0 Å². The molecule has 0 radical (unpaired) electrons. The van der Waals surface area contributed by atoms with Gasteiger partial charge in [0.2, 0.25) is 5.82 Å². The van der Waals surface area contributed by atoms with Crippen LogP contribution in [-0.2, 0) is 0 Å². The molecular formula is C24H20FN5O2S. The standard InChI is InChI=1S/C24H20FN5O2S/c25-17-7-11-19(12-8-17)30-22(20-4-3-15-33-20)27-21(28-30)23(31)26-18-9-5-16(6-10-18)24(32)29-13-1-2-14-29/h3-12,15H,1-2,13-14H2,(H,26,31). The van der Waals surface area contributed by atoms with E-state index in [1.807, 2.05) is 22.4 Å². The van der Waals surface area contributed by atoms with Crippen LogP contribution in [0, 0.1) is 5.82 Å². The van der Waals surface area contributed by atoms with Gasteiger partial charge < -0.3 is 10.2 Å². The minimum atomic E-state index is -0.479. The monoisotopic (exact) mass is 461 g/mol. The summed E-state index contributed by atoms with van der Waals surface area (Å²) in [5.74, 6) is -0.354. The first-order valence-electron chi connectivity index (χ1n) is 10.6. The van der Waals surface area contributed by atoms with Gasteiger partial charge in [0.15, 0.2) is 5.82 Å². The first kappa shape index (κ1) is 21.0. The second kappa shape index (κ2) is 8.95. The maximum absolute atomic E-state index is 13.4. The Kier molecular flexibility index (Phi) is 5.70. The van der Waals surface area contributed by atoms with Gasteiger partial charge in [0.1, 0.15) is 5.82 Å². The summed E-state index contributed by atoms with van der Waals surface area (Å²) < 4.78 is 14.9. The number of thiophene rings is 1. The summed E-state index contributed by atoms with van der Waals surface area (Å²) in [5, 5.41) is 9.07. The van der Waals surface area contributed by atoms with Crippen LogP contribution >= 0.6 is 11.3 Å². The number of carbonyl (C=O) groups is 2. The Balaban J connectivity index is 1.38. The number of nitrogens with one attached hydrogen (secondary N) is 1. The third-order valence-electron chi connectivity index (χ3n) is 5.41.